The first-order valence-electron chi connectivity index (χ1n) is 5.87. The predicted octanol–water partition coefficient (Wildman–Crippen LogP) is 1.63. The Balaban J connectivity index is 2.18. The lowest BCUT2D eigenvalue weighted by Crippen LogP contribution is -2.27. The zero-order valence-electron chi connectivity index (χ0n) is 10.7. The molecule has 1 aromatic rings. The predicted molar refractivity (Wildman–Crippen MR) is 75.4 cm³/mol. The van der Waals surface area contributed by atoms with Crippen LogP contribution in [0.3, 0.4) is 0 Å². The number of hydrogen-bond acceptors (Lipinski definition) is 6. The minimum atomic E-state index is -0.120. The van der Waals surface area contributed by atoms with Crippen LogP contribution in [0.4, 0.5) is 5.82 Å². The van der Waals surface area contributed by atoms with Crippen molar-refractivity contribution in [3.05, 3.63) is 17.0 Å². The molecule has 2 rings (SSSR count). The molecule has 1 aromatic heterocycles. The summed E-state index contributed by atoms with van der Waals surface area (Å²) in [6, 6.07) is 1.95. The number of nitrogens with zero attached hydrogens (tertiary/aromatic N) is 4. The molecule has 1 saturated heterocycles. The third kappa shape index (κ3) is 3.26. The average Bonchev–Trinajstić information content (AvgIpc) is 2.77. The van der Waals surface area contributed by atoms with Gasteiger partial charge in [-0.15, -0.1) is 0 Å². The van der Waals surface area contributed by atoms with Crippen LogP contribution in [0.2, 0.25) is 5.28 Å². The first-order valence-corrected chi connectivity index (χ1v) is 7.24. The van der Waals surface area contributed by atoms with E-state index in [4.69, 9.17) is 16.9 Å². The molecule has 0 spiro atoms. The van der Waals surface area contributed by atoms with Gasteiger partial charge in [-0.1, -0.05) is 11.8 Å². The largest absolute Gasteiger partial charge is 0.295 e. The van der Waals surface area contributed by atoms with Crippen LogP contribution in [-0.2, 0) is 9.59 Å². The molecule has 6 nitrogen and oxygen atoms in total. The molecule has 0 aromatic carbocycles. The fourth-order valence-corrected chi connectivity index (χ4v) is 2.79. The summed E-state index contributed by atoms with van der Waals surface area (Å²) in [5.41, 5.74) is 0.211. The molecular weight excluding hydrogens is 300 g/mol. The molecular formula is C12H11ClN4O2S. The van der Waals surface area contributed by atoms with Crippen LogP contribution < -0.4 is 4.90 Å². The van der Waals surface area contributed by atoms with Gasteiger partial charge in [-0.05, 0) is 17.5 Å². The number of rotatable bonds is 3. The minimum Gasteiger partial charge on any atom is -0.295 e. The maximum Gasteiger partial charge on any atom is 0.228 e. The number of carbonyl (C=O) groups excluding carboxylic acids is 2. The van der Waals surface area contributed by atoms with Gasteiger partial charge in [-0.2, -0.15) is 10.2 Å². The van der Waals surface area contributed by atoms with E-state index in [9.17, 15) is 9.59 Å². The van der Waals surface area contributed by atoms with Gasteiger partial charge in [-0.25, -0.2) is 4.98 Å². The van der Waals surface area contributed by atoms with E-state index in [1.165, 1.54) is 29.8 Å². The fourth-order valence-electron chi connectivity index (χ4n) is 1.97. The number of halogens is 1. The fraction of sp³-hybridized carbons (Fsp3) is 0.417. The average molecular weight is 311 g/mol. The lowest BCUT2D eigenvalue weighted by Gasteiger charge is -2.16. The number of hydrogen-bond donors (Lipinski definition) is 0. The van der Waals surface area contributed by atoms with Crippen molar-refractivity contribution in [2.45, 2.75) is 13.3 Å². The number of carbonyl (C=O) groups is 2. The zero-order chi connectivity index (χ0) is 14.7. The number of anilines is 1. The topological polar surface area (TPSA) is 87.0 Å². The van der Waals surface area contributed by atoms with E-state index >= 15 is 0 Å². The first kappa shape index (κ1) is 14.8. The van der Waals surface area contributed by atoms with Crippen molar-refractivity contribution < 1.29 is 9.59 Å². The van der Waals surface area contributed by atoms with Crippen LogP contribution in [0, 0.1) is 17.2 Å². The third-order valence-corrected chi connectivity index (χ3v) is 4.07. The summed E-state index contributed by atoms with van der Waals surface area (Å²) < 4.78 is 0. The van der Waals surface area contributed by atoms with Gasteiger partial charge in [0.2, 0.25) is 11.2 Å². The SMILES string of the molecule is CC(=O)SCC1CC(=O)N(c2nc(Cl)ncc2C#N)C1. The second-order valence-corrected chi connectivity index (χ2v) is 5.90. The monoisotopic (exact) mass is 310 g/mol. The van der Waals surface area contributed by atoms with Crippen molar-refractivity contribution >= 4 is 40.2 Å². The number of amides is 1. The molecule has 2 heterocycles. The van der Waals surface area contributed by atoms with Gasteiger partial charge in [0.1, 0.15) is 11.6 Å². The summed E-state index contributed by atoms with van der Waals surface area (Å²) in [5, 5.41) is 9.06. The van der Waals surface area contributed by atoms with Gasteiger partial charge < -0.3 is 0 Å². The molecule has 104 valence electrons. The molecule has 0 aliphatic carbocycles. The molecule has 20 heavy (non-hydrogen) atoms. The van der Waals surface area contributed by atoms with Crippen LogP contribution in [0.25, 0.3) is 0 Å². The van der Waals surface area contributed by atoms with Gasteiger partial charge in [0.05, 0.1) is 6.20 Å². The standard InChI is InChI=1S/C12H11ClN4O2S/c1-7(18)20-6-8-2-10(19)17(5-8)11-9(3-14)4-15-12(13)16-11/h4,8H,2,5-6H2,1H3. The smallest absolute Gasteiger partial charge is 0.228 e. The Morgan fingerprint density at radius 2 is 2.45 bits per heavy atom. The highest BCUT2D eigenvalue weighted by molar-refractivity contribution is 8.13. The Hall–Kier alpha value is -1.65. The Kier molecular flexibility index (Phi) is 4.57. The maximum absolute atomic E-state index is 12.0. The van der Waals surface area contributed by atoms with Crippen molar-refractivity contribution in [2.24, 2.45) is 5.92 Å². The molecule has 1 unspecified atom stereocenters. The van der Waals surface area contributed by atoms with Crippen LogP contribution in [-0.4, -0.2) is 33.3 Å². The van der Waals surface area contributed by atoms with E-state index in [1.807, 2.05) is 6.07 Å². The number of aromatic nitrogens is 2. The van der Waals surface area contributed by atoms with E-state index in [1.54, 1.807) is 0 Å². The van der Waals surface area contributed by atoms with Crippen molar-refractivity contribution in [3.8, 4) is 6.07 Å². The Labute approximate surface area is 125 Å². The van der Waals surface area contributed by atoms with E-state index in [0.717, 1.165) is 0 Å². The van der Waals surface area contributed by atoms with Crippen LogP contribution in [0.15, 0.2) is 6.20 Å². The van der Waals surface area contributed by atoms with E-state index in [2.05, 4.69) is 9.97 Å². The van der Waals surface area contributed by atoms with Gasteiger partial charge in [0, 0.05) is 25.6 Å². The number of thioether (sulfide) groups is 1. The second-order valence-electron chi connectivity index (χ2n) is 4.37. The summed E-state index contributed by atoms with van der Waals surface area (Å²) in [4.78, 5) is 32.1. The Morgan fingerprint density at radius 3 is 3.10 bits per heavy atom. The molecule has 0 bridgehead atoms. The summed E-state index contributed by atoms with van der Waals surface area (Å²) in [6.45, 7) is 1.93. The normalized spacial score (nSPS) is 18.1. The van der Waals surface area contributed by atoms with Crippen LogP contribution >= 0.6 is 23.4 Å². The van der Waals surface area contributed by atoms with Gasteiger partial charge in [0.25, 0.3) is 0 Å². The molecule has 1 aliphatic heterocycles. The van der Waals surface area contributed by atoms with Crippen LogP contribution in [0.1, 0.15) is 18.9 Å². The summed E-state index contributed by atoms with van der Waals surface area (Å²) >= 11 is 6.92. The molecule has 8 heteroatoms. The molecule has 1 amide bonds. The molecule has 1 aliphatic rings. The van der Waals surface area contributed by atoms with Crippen molar-refractivity contribution in [1.29, 1.82) is 5.26 Å². The highest BCUT2D eigenvalue weighted by atomic mass is 35.5. The minimum absolute atomic E-state index is 0.00615. The summed E-state index contributed by atoms with van der Waals surface area (Å²) in [7, 11) is 0. The summed E-state index contributed by atoms with van der Waals surface area (Å²) in [5.74, 6) is 0.771. The first-order chi connectivity index (χ1) is 9.51. The van der Waals surface area contributed by atoms with E-state index < -0.39 is 0 Å². The van der Waals surface area contributed by atoms with Crippen LogP contribution in [0.5, 0.6) is 0 Å². The van der Waals surface area contributed by atoms with Crippen molar-refractivity contribution in [2.75, 3.05) is 17.2 Å². The lowest BCUT2D eigenvalue weighted by molar-refractivity contribution is -0.117. The van der Waals surface area contributed by atoms with Crippen molar-refractivity contribution in [1.82, 2.24) is 9.97 Å². The van der Waals surface area contributed by atoms with Gasteiger partial charge in [0.15, 0.2) is 10.9 Å². The lowest BCUT2D eigenvalue weighted by atomic mass is 10.1. The highest BCUT2D eigenvalue weighted by Gasteiger charge is 2.33. The van der Waals surface area contributed by atoms with Gasteiger partial charge in [-0.3, -0.25) is 14.5 Å². The molecule has 0 N–H and O–H groups in total. The van der Waals surface area contributed by atoms with Gasteiger partial charge >= 0.3 is 0 Å². The quantitative estimate of drug-likeness (QED) is 0.789. The Morgan fingerprint density at radius 1 is 1.70 bits per heavy atom. The number of nitriles is 1. The third-order valence-electron chi connectivity index (χ3n) is 2.84. The molecule has 0 saturated carbocycles. The van der Waals surface area contributed by atoms with Crippen molar-refractivity contribution in [3.63, 3.8) is 0 Å². The molecule has 0 radical (unpaired) electrons. The summed E-state index contributed by atoms with van der Waals surface area (Å²) in [6.07, 6.45) is 1.64. The highest BCUT2D eigenvalue weighted by Crippen LogP contribution is 2.28. The molecule has 1 atom stereocenters. The maximum atomic E-state index is 12.0. The molecule has 1 fully saturated rings. The van der Waals surface area contributed by atoms with E-state index in [-0.39, 0.29) is 33.6 Å². The second kappa shape index (κ2) is 6.20. The van der Waals surface area contributed by atoms with E-state index in [0.29, 0.717) is 18.7 Å². The Bertz CT molecular complexity index is 602. The zero-order valence-corrected chi connectivity index (χ0v) is 12.2.